The topological polar surface area (TPSA) is 32.8 Å². The summed E-state index contributed by atoms with van der Waals surface area (Å²) in [6.07, 6.45) is 1.84. The maximum Gasteiger partial charge on any atom is 0.222 e. The molecule has 0 spiro atoms. The van der Waals surface area contributed by atoms with Crippen LogP contribution in [0.5, 0.6) is 0 Å². The molecule has 2 heterocycles. The van der Waals surface area contributed by atoms with E-state index >= 15 is 0 Å². The largest absolute Gasteiger partial charge is 0.383 e. The van der Waals surface area contributed by atoms with Gasteiger partial charge in [0, 0.05) is 45.6 Å². The average molecular weight is 275 g/mol. The number of alkyl halides is 1. The highest BCUT2D eigenvalue weighted by Gasteiger charge is 2.32. The van der Waals surface area contributed by atoms with Crippen molar-refractivity contribution in [2.45, 2.75) is 12.8 Å². The van der Waals surface area contributed by atoms with Gasteiger partial charge in [0.05, 0.1) is 6.61 Å². The van der Waals surface area contributed by atoms with Gasteiger partial charge in [0.25, 0.3) is 0 Å². The third kappa shape index (κ3) is 3.59. The zero-order chi connectivity index (χ0) is 13.0. The molecule has 0 bridgehead atoms. The number of methoxy groups -OCH3 is 1. The Bertz CT molecular complexity index is 288. The molecule has 0 radical (unpaired) electrons. The minimum Gasteiger partial charge on any atom is -0.383 e. The van der Waals surface area contributed by atoms with Crippen LogP contribution in [0, 0.1) is 11.8 Å². The molecule has 2 unspecified atom stereocenters. The van der Waals surface area contributed by atoms with E-state index in [4.69, 9.17) is 16.3 Å². The maximum atomic E-state index is 11.8. The summed E-state index contributed by atoms with van der Waals surface area (Å²) >= 11 is 5.83. The summed E-state index contributed by atoms with van der Waals surface area (Å²) in [6, 6.07) is 0. The first-order chi connectivity index (χ1) is 8.72. The molecular weight excluding hydrogens is 252 g/mol. The Kier molecular flexibility index (Phi) is 5.27. The Balaban J connectivity index is 1.73. The third-order valence-corrected chi connectivity index (χ3v) is 4.41. The summed E-state index contributed by atoms with van der Waals surface area (Å²) in [7, 11) is 1.74. The summed E-state index contributed by atoms with van der Waals surface area (Å²) in [4.78, 5) is 16.3. The van der Waals surface area contributed by atoms with Gasteiger partial charge in [-0.2, -0.15) is 0 Å². The first-order valence-electron chi connectivity index (χ1n) is 6.78. The number of rotatable bonds is 6. The van der Waals surface area contributed by atoms with Crippen LogP contribution in [0.15, 0.2) is 0 Å². The third-order valence-electron chi connectivity index (χ3n) is 3.97. The summed E-state index contributed by atoms with van der Waals surface area (Å²) in [6.45, 7) is 5.80. The van der Waals surface area contributed by atoms with E-state index in [-0.39, 0.29) is 5.91 Å². The lowest BCUT2D eigenvalue weighted by atomic mass is 10.1. The van der Waals surface area contributed by atoms with Crippen molar-refractivity contribution in [3.8, 4) is 0 Å². The molecule has 0 aliphatic carbocycles. The fourth-order valence-corrected chi connectivity index (χ4v) is 3.14. The molecule has 2 fully saturated rings. The van der Waals surface area contributed by atoms with Crippen molar-refractivity contribution in [3.63, 3.8) is 0 Å². The van der Waals surface area contributed by atoms with Crippen molar-refractivity contribution in [3.05, 3.63) is 0 Å². The van der Waals surface area contributed by atoms with Gasteiger partial charge in [-0.1, -0.05) is 0 Å². The number of ether oxygens (including phenoxy) is 1. The van der Waals surface area contributed by atoms with E-state index in [0.717, 1.165) is 39.3 Å². The summed E-state index contributed by atoms with van der Waals surface area (Å²) < 4.78 is 5.10. The van der Waals surface area contributed by atoms with E-state index in [0.29, 0.717) is 24.1 Å². The van der Waals surface area contributed by atoms with E-state index in [9.17, 15) is 4.79 Å². The highest BCUT2D eigenvalue weighted by atomic mass is 35.5. The monoisotopic (exact) mass is 274 g/mol. The van der Waals surface area contributed by atoms with E-state index in [1.807, 2.05) is 4.90 Å². The lowest BCUT2D eigenvalue weighted by Gasteiger charge is -2.21. The smallest absolute Gasteiger partial charge is 0.222 e. The normalized spacial score (nSPS) is 29.4. The second kappa shape index (κ2) is 6.73. The number of nitrogens with zero attached hydrogens (tertiary/aromatic N) is 2. The van der Waals surface area contributed by atoms with Crippen LogP contribution in [0.4, 0.5) is 0 Å². The molecule has 0 aromatic carbocycles. The molecule has 18 heavy (non-hydrogen) atoms. The van der Waals surface area contributed by atoms with E-state index in [1.165, 1.54) is 6.42 Å². The SMILES string of the molecule is COCCN1CCC(CN2CC(CCl)CC2=O)C1. The molecule has 0 saturated carbocycles. The summed E-state index contributed by atoms with van der Waals surface area (Å²) in [5.41, 5.74) is 0. The molecule has 2 rings (SSSR count). The van der Waals surface area contributed by atoms with E-state index < -0.39 is 0 Å². The van der Waals surface area contributed by atoms with Crippen molar-refractivity contribution in [2.75, 3.05) is 52.3 Å². The highest BCUT2D eigenvalue weighted by Crippen LogP contribution is 2.23. The fourth-order valence-electron chi connectivity index (χ4n) is 2.93. The molecule has 2 saturated heterocycles. The van der Waals surface area contributed by atoms with Gasteiger partial charge in [-0.15, -0.1) is 11.6 Å². The number of likely N-dealkylation sites (tertiary alicyclic amines) is 2. The number of amides is 1. The summed E-state index contributed by atoms with van der Waals surface area (Å²) in [5.74, 6) is 1.88. The van der Waals surface area contributed by atoms with Crippen molar-refractivity contribution in [1.82, 2.24) is 9.80 Å². The second-order valence-corrected chi connectivity index (χ2v) is 5.78. The average Bonchev–Trinajstić information content (AvgIpc) is 2.95. The van der Waals surface area contributed by atoms with Crippen molar-refractivity contribution < 1.29 is 9.53 Å². The predicted octanol–water partition coefficient (Wildman–Crippen LogP) is 1.04. The standard InChI is InChI=1S/C13H23ClN2O2/c1-18-5-4-15-3-2-11(8-15)9-16-10-12(7-14)6-13(16)17/h11-12H,2-10H2,1H3. The first kappa shape index (κ1) is 14.1. The van der Waals surface area contributed by atoms with Crippen LogP contribution >= 0.6 is 11.6 Å². The van der Waals surface area contributed by atoms with E-state index in [1.54, 1.807) is 7.11 Å². The Morgan fingerprint density at radius 2 is 2.22 bits per heavy atom. The van der Waals surface area contributed by atoms with Gasteiger partial charge >= 0.3 is 0 Å². The number of hydrogen-bond acceptors (Lipinski definition) is 3. The molecular formula is C13H23ClN2O2. The fraction of sp³-hybridized carbons (Fsp3) is 0.923. The van der Waals surface area contributed by atoms with Crippen LogP contribution in [0.2, 0.25) is 0 Å². The van der Waals surface area contributed by atoms with Gasteiger partial charge in [0.2, 0.25) is 5.91 Å². The minimum absolute atomic E-state index is 0.288. The van der Waals surface area contributed by atoms with Crippen LogP contribution in [0.3, 0.4) is 0 Å². The molecule has 4 nitrogen and oxygen atoms in total. The van der Waals surface area contributed by atoms with Crippen molar-refractivity contribution >= 4 is 17.5 Å². The van der Waals surface area contributed by atoms with Gasteiger partial charge in [0.1, 0.15) is 0 Å². The molecule has 0 N–H and O–H groups in total. The predicted molar refractivity (Wildman–Crippen MR) is 71.8 cm³/mol. The van der Waals surface area contributed by atoms with Crippen molar-refractivity contribution in [2.24, 2.45) is 11.8 Å². The lowest BCUT2D eigenvalue weighted by Crippen LogP contribution is -2.33. The lowest BCUT2D eigenvalue weighted by molar-refractivity contribution is -0.128. The molecule has 0 aromatic rings. The first-order valence-corrected chi connectivity index (χ1v) is 7.31. The van der Waals surface area contributed by atoms with Crippen LogP contribution < -0.4 is 0 Å². The van der Waals surface area contributed by atoms with Gasteiger partial charge < -0.3 is 14.5 Å². The molecule has 0 aromatic heterocycles. The Hall–Kier alpha value is -0.320. The van der Waals surface area contributed by atoms with Crippen LogP contribution in [0.25, 0.3) is 0 Å². The van der Waals surface area contributed by atoms with Crippen LogP contribution in [0.1, 0.15) is 12.8 Å². The summed E-state index contributed by atoms with van der Waals surface area (Å²) in [5, 5.41) is 0. The van der Waals surface area contributed by atoms with E-state index in [2.05, 4.69) is 4.90 Å². The highest BCUT2D eigenvalue weighted by molar-refractivity contribution is 6.18. The Morgan fingerprint density at radius 3 is 2.89 bits per heavy atom. The van der Waals surface area contributed by atoms with Crippen LogP contribution in [-0.2, 0) is 9.53 Å². The number of hydrogen-bond donors (Lipinski definition) is 0. The molecule has 104 valence electrons. The Morgan fingerprint density at radius 1 is 1.39 bits per heavy atom. The maximum absolute atomic E-state index is 11.8. The van der Waals surface area contributed by atoms with Gasteiger partial charge in [-0.3, -0.25) is 4.79 Å². The molecule has 2 aliphatic rings. The molecule has 2 atom stereocenters. The second-order valence-electron chi connectivity index (χ2n) is 5.47. The van der Waals surface area contributed by atoms with Gasteiger partial charge in [0.15, 0.2) is 0 Å². The Labute approximate surface area is 114 Å². The van der Waals surface area contributed by atoms with Gasteiger partial charge in [-0.25, -0.2) is 0 Å². The zero-order valence-electron chi connectivity index (χ0n) is 11.1. The number of carbonyl (C=O) groups excluding carboxylic acids is 1. The zero-order valence-corrected chi connectivity index (χ0v) is 11.9. The molecule has 1 amide bonds. The number of halogens is 1. The van der Waals surface area contributed by atoms with Crippen molar-refractivity contribution in [1.29, 1.82) is 0 Å². The minimum atomic E-state index is 0.288. The number of carbonyl (C=O) groups is 1. The molecule has 5 heteroatoms. The van der Waals surface area contributed by atoms with Crippen LogP contribution in [-0.4, -0.2) is 68.0 Å². The molecule has 2 aliphatic heterocycles. The quantitative estimate of drug-likeness (QED) is 0.679. The van der Waals surface area contributed by atoms with Gasteiger partial charge in [-0.05, 0) is 24.8 Å².